The Kier molecular flexibility index (Phi) is 18.8. The first-order chi connectivity index (χ1) is 24.2. The Morgan fingerprint density at radius 3 is 1.90 bits per heavy atom. The fourth-order valence-corrected chi connectivity index (χ4v) is 7.31. The Morgan fingerprint density at radius 1 is 0.765 bits per heavy atom. The van der Waals surface area contributed by atoms with E-state index >= 15 is 0 Å². The van der Waals surface area contributed by atoms with Crippen LogP contribution in [0.15, 0.2) is 12.7 Å². The number of imidazole rings is 1. The van der Waals surface area contributed by atoms with Gasteiger partial charge in [-0.15, -0.1) is 0 Å². The van der Waals surface area contributed by atoms with Crippen LogP contribution in [0.1, 0.15) is 19.1 Å². The summed E-state index contributed by atoms with van der Waals surface area (Å²) < 4.78 is 80.2. The zero-order valence-electron chi connectivity index (χ0n) is 27.4. The van der Waals surface area contributed by atoms with E-state index in [-0.39, 0.29) is 5.65 Å². The molecule has 0 radical (unpaired) electrons. The van der Waals surface area contributed by atoms with Crippen LogP contribution in [-0.2, 0) is 55.3 Å². The van der Waals surface area contributed by atoms with Crippen molar-refractivity contribution in [2.45, 2.75) is 37.4 Å². The molecule has 3 heterocycles. The van der Waals surface area contributed by atoms with Crippen LogP contribution in [-0.4, -0.2) is 153 Å². The van der Waals surface area contributed by atoms with Crippen molar-refractivity contribution >= 4 is 40.4 Å². The van der Waals surface area contributed by atoms with Crippen LogP contribution < -0.4 is 11.1 Å². The van der Waals surface area contributed by atoms with Gasteiger partial charge in [0.25, 0.3) is 0 Å². The van der Waals surface area contributed by atoms with Crippen molar-refractivity contribution < 1.29 is 85.0 Å². The van der Waals surface area contributed by atoms with E-state index in [0.29, 0.717) is 96.9 Å². The van der Waals surface area contributed by atoms with Crippen LogP contribution in [0.3, 0.4) is 0 Å². The molecule has 27 heteroatoms. The third-order valence-electron chi connectivity index (χ3n) is 6.53. The van der Waals surface area contributed by atoms with Crippen molar-refractivity contribution in [3.05, 3.63) is 12.7 Å². The lowest BCUT2D eigenvalue weighted by atomic mass is 10.1. The predicted molar refractivity (Wildman–Crippen MR) is 172 cm³/mol. The van der Waals surface area contributed by atoms with Gasteiger partial charge >= 0.3 is 23.5 Å². The summed E-state index contributed by atoms with van der Waals surface area (Å²) in [6, 6.07) is 0. The molecule has 51 heavy (non-hydrogen) atoms. The summed E-state index contributed by atoms with van der Waals surface area (Å²) in [5, 5.41) is 24.2. The van der Waals surface area contributed by atoms with E-state index in [0.717, 1.165) is 6.42 Å². The highest BCUT2D eigenvalue weighted by Gasteiger charge is 2.47. The van der Waals surface area contributed by atoms with Crippen LogP contribution in [0.5, 0.6) is 0 Å². The lowest BCUT2D eigenvalue weighted by Gasteiger charge is -2.19. The molecular formula is C24H45N6O18P3. The number of hydrogen-bond donors (Lipinski definition) is 8. The second kappa shape index (κ2) is 21.9. The highest BCUT2D eigenvalue weighted by atomic mass is 31.3. The molecule has 3 rings (SSSR count). The first kappa shape index (κ1) is 43.8. The SMILES string of the molecule is NCCCOCCOCCOCCOCCOCCCNc1ncnc2c1ncn2[C@@H]1O[C@H](COP(=O)(O)OP(=O)(O)OP(=O)(O)O)C(O)[C@@H]1O. The number of fused-ring (bicyclic) bond motifs is 1. The number of phosphoric ester groups is 1. The van der Waals surface area contributed by atoms with E-state index in [1.165, 1.54) is 17.2 Å². The Balaban J connectivity index is 1.33. The quantitative estimate of drug-likeness (QED) is 0.0379. The maximum Gasteiger partial charge on any atom is 0.490 e. The molecule has 1 fully saturated rings. The number of rotatable bonds is 28. The molecular weight excluding hydrogens is 753 g/mol. The summed E-state index contributed by atoms with van der Waals surface area (Å²) in [5.41, 5.74) is 5.89. The topological polar surface area (TPSA) is 337 Å². The first-order valence-corrected chi connectivity index (χ1v) is 20.1. The van der Waals surface area contributed by atoms with Crippen LogP contribution >= 0.6 is 23.5 Å². The fourth-order valence-electron chi connectivity index (χ4n) is 4.28. The lowest BCUT2D eigenvalue weighted by molar-refractivity contribution is -0.0503. The van der Waals surface area contributed by atoms with Gasteiger partial charge in [-0.25, -0.2) is 28.6 Å². The normalized spacial score (nSPS) is 21.9. The number of nitrogens with two attached hydrogens (primary N) is 1. The predicted octanol–water partition coefficient (Wildman–Crippen LogP) is -0.977. The number of ether oxygens (including phenoxy) is 6. The molecule has 1 aliphatic rings. The second-order valence-electron chi connectivity index (χ2n) is 10.5. The number of hydrogen-bond acceptors (Lipinski definition) is 19. The lowest BCUT2D eigenvalue weighted by Crippen LogP contribution is -2.33. The molecule has 6 atom stereocenters. The Hall–Kier alpha value is -1.60. The van der Waals surface area contributed by atoms with E-state index in [1.807, 2.05) is 0 Å². The standard InChI is InChI=1S/C24H45N6O18P3/c25-3-1-5-40-7-9-42-11-13-44-14-12-43-10-8-41-6-2-4-26-22-19-23(28-16-27-22)30(17-29-19)24-21(32)20(31)18(46-24)15-45-50(36,37)48-51(38,39)47-49(33,34)35/h16-18,20-21,24,31-32H,1-15,25H2,(H,36,37)(H,38,39)(H,26,27,28)(H2,33,34,35)/t18-,20?,21+,24-/m1/s1. The minimum Gasteiger partial charge on any atom is -0.387 e. The van der Waals surface area contributed by atoms with Crippen LogP contribution in [0.2, 0.25) is 0 Å². The van der Waals surface area contributed by atoms with Crippen LogP contribution in [0.4, 0.5) is 5.82 Å². The molecule has 0 spiro atoms. The average Bonchev–Trinajstić information content (AvgIpc) is 3.60. The third kappa shape index (κ3) is 16.1. The second-order valence-corrected chi connectivity index (χ2v) is 14.9. The van der Waals surface area contributed by atoms with Crippen molar-refractivity contribution in [1.29, 1.82) is 0 Å². The van der Waals surface area contributed by atoms with Crippen LogP contribution in [0, 0.1) is 0 Å². The third-order valence-corrected chi connectivity index (χ3v) is 10.3. The maximum absolute atomic E-state index is 12.0. The van der Waals surface area contributed by atoms with Crippen molar-refractivity contribution in [1.82, 2.24) is 19.5 Å². The number of phosphoric acid groups is 3. The van der Waals surface area contributed by atoms with Crippen molar-refractivity contribution in [3.63, 3.8) is 0 Å². The molecule has 1 aliphatic heterocycles. The van der Waals surface area contributed by atoms with Gasteiger partial charge in [0, 0.05) is 19.8 Å². The summed E-state index contributed by atoms with van der Waals surface area (Å²) >= 11 is 0. The minimum atomic E-state index is -5.75. The van der Waals surface area contributed by atoms with E-state index in [2.05, 4.69) is 33.4 Å². The van der Waals surface area contributed by atoms with Crippen molar-refractivity contribution in [3.8, 4) is 0 Å². The van der Waals surface area contributed by atoms with Gasteiger partial charge in [-0.1, -0.05) is 0 Å². The van der Waals surface area contributed by atoms with Crippen molar-refractivity contribution in [2.24, 2.45) is 5.73 Å². The van der Waals surface area contributed by atoms with E-state index in [1.54, 1.807) is 0 Å². The summed E-state index contributed by atoms with van der Waals surface area (Å²) in [6.45, 7) is 4.78. The van der Waals surface area contributed by atoms with Crippen molar-refractivity contribution in [2.75, 3.05) is 91.1 Å². The molecule has 0 aliphatic carbocycles. The number of nitrogens with zero attached hydrogens (tertiary/aromatic N) is 4. The van der Waals surface area contributed by atoms with Crippen LogP contribution in [0.25, 0.3) is 11.2 Å². The van der Waals surface area contributed by atoms with Gasteiger partial charge < -0.3 is 69.3 Å². The molecule has 0 amide bonds. The summed E-state index contributed by atoms with van der Waals surface area (Å²) in [4.78, 5) is 48.8. The van der Waals surface area contributed by atoms with Gasteiger partial charge in [0.05, 0.1) is 65.8 Å². The molecule has 0 bridgehead atoms. The molecule has 2 aromatic rings. The highest BCUT2D eigenvalue weighted by Crippen LogP contribution is 2.66. The van der Waals surface area contributed by atoms with E-state index in [9.17, 15) is 33.7 Å². The highest BCUT2D eigenvalue weighted by molar-refractivity contribution is 7.66. The number of anilines is 1. The maximum atomic E-state index is 12.0. The zero-order chi connectivity index (χ0) is 37.3. The Morgan fingerprint density at radius 2 is 1.33 bits per heavy atom. The summed E-state index contributed by atoms with van der Waals surface area (Å²) in [6.07, 6.45) is -2.19. The molecule has 2 aromatic heterocycles. The molecule has 294 valence electrons. The van der Waals surface area contributed by atoms with Gasteiger partial charge in [-0.2, -0.15) is 8.62 Å². The first-order valence-electron chi connectivity index (χ1n) is 15.5. The number of aliphatic hydroxyl groups is 2. The van der Waals surface area contributed by atoms with Gasteiger partial charge in [0.1, 0.15) is 24.6 Å². The number of aliphatic hydroxyl groups excluding tert-OH is 2. The smallest absolute Gasteiger partial charge is 0.387 e. The monoisotopic (exact) mass is 798 g/mol. The van der Waals surface area contributed by atoms with E-state index in [4.69, 9.17) is 43.9 Å². The molecule has 3 unspecified atom stereocenters. The average molecular weight is 799 g/mol. The Labute approximate surface area is 291 Å². The molecule has 0 aromatic carbocycles. The molecule has 0 saturated carbocycles. The van der Waals surface area contributed by atoms with E-state index < -0.39 is 54.6 Å². The minimum absolute atomic E-state index is 0.200. The largest absolute Gasteiger partial charge is 0.490 e. The molecule has 1 saturated heterocycles. The molecule has 24 nitrogen and oxygen atoms in total. The number of nitrogens with one attached hydrogen (secondary N) is 1. The number of aromatic nitrogens is 4. The van der Waals surface area contributed by atoms with Gasteiger partial charge in [-0.3, -0.25) is 9.09 Å². The van der Waals surface area contributed by atoms with Gasteiger partial charge in [-0.05, 0) is 19.4 Å². The zero-order valence-corrected chi connectivity index (χ0v) is 30.0. The van der Waals surface area contributed by atoms with Gasteiger partial charge in [0.15, 0.2) is 23.2 Å². The molecule has 9 N–H and O–H groups in total. The van der Waals surface area contributed by atoms with Gasteiger partial charge in [0.2, 0.25) is 0 Å². The fraction of sp³-hybridized carbons (Fsp3) is 0.792. The summed E-state index contributed by atoms with van der Waals surface area (Å²) in [5.74, 6) is 0.362. The Bertz CT molecular complexity index is 1450. The summed E-state index contributed by atoms with van der Waals surface area (Å²) in [7, 11) is -16.8.